The van der Waals surface area contributed by atoms with Crippen molar-refractivity contribution >= 4 is 6.09 Å². The second-order valence-corrected chi connectivity index (χ2v) is 6.34. The van der Waals surface area contributed by atoms with E-state index in [1.54, 1.807) is 4.90 Å². The highest BCUT2D eigenvalue weighted by atomic mass is 16.6. The minimum atomic E-state index is -0.432. The Morgan fingerprint density at radius 1 is 1.37 bits per heavy atom. The molecule has 0 aromatic carbocycles. The number of amides is 1. The number of ether oxygens (including phenoxy) is 2. The molecule has 0 aliphatic carbocycles. The van der Waals surface area contributed by atoms with Crippen LogP contribution in [0.25, 0.3) is 0 Å². The van der Waals surface area contributed by atoms with Crippen molar-refractivity contribution in [1.29, 1.82) is 0 Å². The van der Waals surface area contributed by atoms with E-state index in [1.807, 2.05) is 26.8 Å². The lowest BCUT2D eigenvalue weighted by Crippen LogP contribution is -2.48. The fourth-order valence-corrected chi connectivity index (χ4v) is 2.02. The van der Waals surface area contributed by atoms with Gasteiger partial charge in [0.15, 0.2) is 0 Å². The lowest BCUT2D eigenvalue weighted by atomic mass is 9.93. The maximum atomic E-state index is 11.9. The summed E-state index contributed by atoms with van der Waals surface area (Å²) in [7, 11) is 0. The predicted octanol–water partition coefficient (Wildman–Crippen LogP) is 3.37. The van der Waals surface area contributed by atoms with Crippen molar-refractivity contribution in [3.63, 3.8) is 0 Å². The summed E-state index contributed by atoms with van der Waals surface area (Å²) in [5, 5.41) is 0. The number of likely N-dealkylation sites (tertiary alicyclic amines) is 1. The Morgan fingerprint density at radius 3 is 2.42 bits per heavy atom. The Morgan fingerprint density at radius 2 is 1.95 bits per heavy atom. The summed E-state index contributed by atoms with van der Waals surface area (Å²) < 4.78 is 11.3. The molecule has 0 saturated carbocycles. The lowest BCUT2D eigenvalue weighted by Gasteiger charge is -2.39. The van der Waals surface area contributed by atoms with E-state index in [9.17, 15) is 4.79 Å². The number of hydrogen-bond acceptors (Lipinski definition) is 3. The van der Waals surface area contributed by atoms with Crippen LogP contribution in [0.4, 0.5) is 4.79 Å². The van der Waals surface area contributed by atoms with E-state index in [4.69, 9.17) is 9.47 Å². The van der Waals surface area contributed by atoms with Gasteiger partial charge in [-0.1, -0.05) is 6.08 Å². The van der Waals surface area contributed by atoms with E-state index in [0.29, 0.717) is 19.7 Å². The minimum absolute atomic E-state index is 0.123. The Hall–Kier alpha value is -1.03. The second-order valence-electron chi connectivity index (χ2n) is 6.34. The molecule has 19 heavy (non-hydrogen) atoms. The molecule has 1 amide bonds. The minimum Gasteiger partial charge on any atom is -0.444 e. The highest BCUT2D eigenvalue weighted by molar-refractivity contribution is 5.68. The Balaban J connectivity index is 2.39. The molecule has 0 bridgehead atoms. The van der Waals surface area contributed by atoms with Gasteiger partial charge >= 0.3 is 6.09 Å². The fraction of sp³-hybridized carbons (Fsp3) is 0.800. The van der Waals surface area contributed by atoms with Crippen LogP contribution in [0, 0.1) is 0 Å². The van der Waals surface area contributed by atoms with Crippen LogP contribution in [0.15, 0.2) is 12.7 Å². The largest absolute Gasteiger partial charge is 0.444 e. The molecule has 0 aromatic rings. The molecular formula is C15H27NO3. The van der Waals surface area contributed by atoms with Gasteiger partial charge in [0.1, 0.15) is 5.60 Å². The van der Waals surface area contributed by atoms with Crippen molar-refractivity contribution in [1.82, 2.24) is 4.90 Å². The number of piperidine rings is 1. The summed E-state index contributed by atoms with van der Waals surface area (Å²) in [4.78, 5) is 13.7. The van der Waals surface area contributed by atoms with Gasteiger partial charge in [-0.15, -0.1) is 6.58 Å². The molecule has 0 spiro atoms. The molecule has 1 heterocycles. The van der Waals surface area contributed by atoms with Crippen molar-refractivity contribution in [3.05, 3.63) is 12.7 Å². The molecule has 1 rings (SSSR count). The smallest absolute Gasteiger partial charge is 0.410 e. The average Bonchev–Trinajstić information content (AvgIpc) is 2.27. The predicted molar refractivity (Wildman–Crippen MR) is 76.2 cm³/mol. The van der Waals surface area contributed by atoms with Gasteiger partial charge in [-0.05, 0) is 47.0 Å². The van der Waals surface area contributed by atoms with Gasteiger partial charge in [0.05, 0.1) is 12.2 Å². The summed E-state index contributed by atoms with van der Waals surface area (Å²) in [6, 6.07) is 0. The fourth-order valence-electron chi connectivity index (χ4n) is 2.02. The molecule has 0 unspecified atom stereocenters. The van der Waals surface area contributed by atoms with E-state index in [-0.39, 0.29) is 11.7 Å². The molecule has 1 aliphatic rings. The molecule has 1 fully saturated rings. The first-order chi connectivity index (χ1) is 8.76. The van der Waals surface area contributed by atoms with Gasteiger partial charge in [0, 0.05) is 13.1 Å². The van der Waals surface area contributed by atoms with E-state index in [0.717, 1.165) is 19.3 Å². The third kappa shape index (κ3) is 5.64. The quantitative estimate of drug-likeness (QED) is 0.580. The van der Waals surface area contributed by atoms with Gasteiger partial charge in [-0.25, -0.2) is 4.79 Å². The summed E-state index contributed by atoms with van der Waals surface area (Å²) >= 11 is 0. The van der Waals surface area contributed by atoms with Gasteiger partial charge in [-0.2, -0.15) is 0 Å². The van der Waals surface area contributed by atoms with E-state index >= 15 is 0 Å². The third-order valence-electron chi connectivity index (χ3n) is 3.25. The van der Waals surface area contributed by atoms with Crippen LogP contribution in [0.3, 0.4) is 0 Å². The molecular weight excluding hydrogens is 242 g/mol. The molecule has 0 aromatic heterocycles. The summed E-state index contributed by atoms with van der Waals surface area (Å²) in [5.74, 6) is 0. The second kappa shape index (κ2) is 6.42. The first-order valence-electron chi connectivity index (χ1n) is 6.98. The van der Waals surface area contributed by atoms with E-state index in [1.165, 1.54) is 0 Å². The first kappa shape index (κ1) is 16.0. The molecule has 4 nitrogen and oxygen atoms in total. The van der Waals surface area contributed by atoms with Crippen LogP contribution in [0.2, 0.25) is 0 Å². The normalized spacial score (nSPS) is 19.1. The van der Waals surface area contributed by atoms with Crippen LogP contribution >= 0.6 is 0 Å². The average molecular weight is 269 g/mol. The Bertz CT molecular complexity index is 312. The zero-order valence-electron chi connectivity index (χ0n) is 12.7. The molecule has 0 atom stereocenters. The van der Waals surface area contributed by atoms with Gasteiger partial charge < -0.3 is 14.4 Å². The van der Waals surface area contributed by atoms with E-state index < -0.39 is 5.60 Å². The molecule has 0 radical (unpaired) electrons. The number of hydrogen-bond donors (Lipinski definition) is 0. The molecule has 0 N–H and O–H groups in total. The van der Waals surface area contributed by atoms with Crippen LogP contribution < -0.4 is 0 Å². The number of carbonyl (C=O) groups is 1. The summed E-state index contributed by atoms with van der Waals surface area (Å²) in [5.41, 5.74) is -0.556. The van der Waals surface area contributed by atoms with Gasteiger partial charge in [0.2, 0.25) is 0 Å². The van der Waals surface area contributed by atoms with Crippen LogP contribution in [-0.2, 0) is 9.47 Å². The van der Waals surface area contributed by atoms with Crippen molar-refractivity contribution in [2.24, 2.45) is 0 Å². The van der Waals surface area contributed by atoms with E-state index in [2.05, 4.69) is 13.5 Å². The van der Waals surface area contributed by atoms with Gasteiger partial charge in [-0.3, -0.25) is 0 Å². The van der Waals surface area contributed by atoms with Crippen LogP contribution in [0.1, 0.15) is 47.0 Å². The topological polar surface area (TPSA) is 38.8 Å². The molecule has 1 aliphatic heterocycles. The monoisotopic (exact) mass is 269 g/mol. The molecule has 4 heteroatoms. The maximum Gasteiger partial charge on any atom is 0.410 e. The Kier molecular flexibility index (Phi) is 5.41. The van der Waals surface area contributed by atoms with Crippen molar-refractivity contribution < 1.29 is 14.3 Å². The van der Waals surface area contributed by atoms with Crippen LogP contribution in [0.5, 0.6) is 0 Å². The third-order valence-corrected chi connectivity index (χ3v) is 3.25. The summed E-state index contributed by atoms with van der Waals surface area (Å²) in [6.07, 6.45) is 4.21. The highest BCUT2D eigenvalue weighted by Crippen LogP contribution is 2.27. The molecule has 110 valence electrons. The van der Waals surface area contributed by atoms with Crippen molar-refractivity contribution in [3.8, 4) is 0 Å². The first-order valence-corrected chi connectivity index (χ1v) is 6.98. The van der Waals surface area contributed by atoms with Crippen LogP contribution in [-0.4, -0.2) is 41.9 Å². The van der Waals surface area contributed by atoms with Crippen molar-refractivity contribution in [2.45, 2.75) is 58.2 Å². The zero-order chi connectivity index (χ0) is 14.5. The molecule has 1 saturated heterocycles. The highest BCUT2D eigenvalue weighted by Gasteiger charge is 2.34. The van der Waals surface area contributed by atoms with Gasteiger partial charge in [0.25, 0.3) is 0 Å². The Labute approximate surface area is 116 Å². The standard InChI is InChI=1S/C15H27NO3/c1-6-7-12-18-15(5)8-10-16(11-9-15)13(17)19-14(2,3)4/h6H,1,7-12H2,2-5H3. The maximum absolute atomic E-state index is 11.9. The zero-order valence-corrected chi connectivity index (χ0v) is 12.7. The number of carbonyl (C=O) groups excluding carboxylic acids is 1. The number of rotatable bonds is 4. The SMILES string of the molecule is C=CCCOC1(C)CCN(C(=O)OC(C)(C)C)CC1. The van der Waals surface area contributed by atoms with Crippen molar-refractivity contribution in [2.75, 3.05) is 19.7 Å². The summed E-state index contributed by atoms with van der Waals surface area (Å²) in [6.45, 7) is 13.5. The lowest BCUT2D eigenvalue weighted by molar-refractivity contribution is -0.0708. The number of nitrogens with zero attached hydrogens (tertiary/aromatic N) is 1.